The van der Waals surface area contributed by atoms with Gasteiger partial charge in [0.05, 0.1) is 12.1 Å². The van der Waals surface area contributed by atoms with Crippen LogP contribution >= 0.6 is 0 Å². The number of urea groups is 1. The summed E-state index contributed by atoms with van der Waals surface area (Å²) in [6.45, 7) is 1.61. The highest BCUT2D eigenvalue weighted by Gasteiger charge is 2.35. The van der Waals surface area contributed by atoms with Crippen molar-refractivity contribution in [2.75, 3.05) is 0 Å². The number of imide groups is 1. The van der Waals surface area contributed by atoms with E-state index in [1.807, 2.05) is 0 Å². The van der Waals surface area contributed by atoms with E-state index in [9.17, 15) is 14.7 Å². The third-order valence-corrected chi connectivity index (χ3v) is 2.50. The van der Waals surface area contributed by atoms with Gasteiger partial charge in [-0.05, 0) is 6.92 Å². The molecule has 15 heavy (non-hydrogen) atoms. The molecule has 0 aromatic rings. The molecule has 1 aliphatic heterocycles. The summed E-state index contributed by atoms with van der Waals surface area (Å²) in [6, 6.07) is -0.929. The Bertz CT molecular complexity index is 373. The molecule has 2 atom stereocenters. The van der Waals surface area contributed by atoms with Crippen molar-refractivity contribution < 1.29 is 14.7 Å². The minimum atomic E-state index is -0.582. The summed E-state index contributed by atoms with van der Waals surface area (Å²) < 4.78 is 0. The van der Waals surface area contributed by atoms with E-state index < -0.39 is 12.1 Å². The van der Waals surface area contributed by atoms with Crippen LogP contribution in [0.3, 0.4) is 0 Å². The number of amides is 3. The summed E-state index contributed by atoms with van der Waals surface area (Å²) >= 11 is 0. The normalized spacial score (nSPS) is 30.5. The molecule has 5 nitrogen and oxygen atoms in total. The Kier molecular flexibility index (Phi) is 2.32. The predicted octanol–water partition coefficient (Wildman–Crippen LogP) is 0.146. The van der Waals surface area contributed by atoms with E-state index in [1.165, 1.54) is 6.20 Å². The molecule has 79 valence electrons. The molecule has 0 spiro atoms. The lowest BCUT2D eigenvalue weighted by Gasteiger charge is -2.27. The maximum atomic E-state index is 11.7. The molecule has 0 fully saturated rings. The zero-order chi connectivity index (χ0) is 11.0. The molecule has 1 radical (unpaired) electrons. The van der Waals surface area contributed by atoms with Crippen molar-refractivity contribution in [2.45, 2.75) is 25.5 Å². The van der Waals surface area contributed by atoms with Crippen LogP contribution in [0.15, 0.2) is 23.9 Å². The van der Waals surface area contributed by atoms with Gasteiger partial charge in [-0.2, -0.15) is 0 Å². The smallest absolute Gasteiger partial charge is 0.351 e. The second-order valence-electron chi connectivity index (χ2n) is 3.65. The third kappa shape index (κ3) is 1.66. The molecule has 1 N–H and O–H groups in total. The summed E-state index contributed by atoms with van der Waals surface area (Å²) in [6.07, 6.45) is 4.30. The van der Waals surface area contributed by atoms with E-state index >= 15 is 0 Å². The van der Waals surface area contributed by atoms with Crippen molar-refractivity contribution in [2.24, 2.45) is 0 Å². The van der Waals surface area contributed by atoms with Gasteiger partial charge in [-0.1, -0.05) is 12.2 Å². The van der Waals surface area contributed by atoms with Crippen LogP contribution in [0.2, 0.25) is 0 Å². The summed E-state index contributed by atoms with van der Waals surface area (Å²) in [4.78, 5) is 24.2. The number of carbonyl (C=O) groups is 2. The Hall–Kier alpha value is -1.62. The molecule has 3 amide bonds. The first-order chi connectivity index (χ1) is 7.09. The Labute approximate surface area is 87.1 Å². The van der Waals surface area contributed by atoms with Gasteiger partial charge in [-0.3, -0.25) is 9.69 Å². The summed E-state index contributed by atoms with van der Waals surface area (Å²) in [7, 11) is 0. The topological polar surface area (TPSA) is 71.7 Å². The first-order valence-corrected chi connectivity index (χ1v) is 4.71. The molecule has 2 aliphatic rings. The zero-order valence-corrected chi connectivity index (χ0v) is 8.25. The van der Waals surface area contributed by atoms with Crippen molar-refractivity contribution in [1.82, 2.24) is 10.2 Å². The number of nitrogens with zero attached hydrogens (tertiary/aromatic N) is 2. The van der Waals surface area contributed by atoms with Gasteiger partial charge < -0.3 is 5.11 Å². The number of hydrogen-bond donors (Lipinski definition) is 1. The molecule has 0 bridgehead atoms. The fourth-order valence-electron chi connectivity index (χ4n) is 1.69. The highest BCUT2D eigenvalue weighted by atomic mass is 16.3. The number of aliphatic hydroxyl groups is 1. The van der Waals surface area contributed by atoms with Gasteiger partial charge in [0, 0.05) is 18.2 Å². The molecule has 1 heterocycles. The number of aliphatic hydroxyl groups excluding tert-OH is 1. The zero-order valence-electron chi connectivity index (χ0n) is 8.25. The average molecular weight is 207 g/mol. The lowest BCUT2D eigenvalue weighted by Crippen LogP contribution is -2.48. The van der Waals surface area contributed by atoms with Crippen LogP contribution in [0.25, 0.3) is 0 Å². The molecule has 0 aromatic heterocycles. The van der Waals surface area contributed by atoms with E-state index in [0.717, 1.165) is 4.90 Å². The summed E-state index contributed by atoms with van der Waals surface area (Å²) in [5.74, 6) is -0.334. The first-order valence-electron chi connectivity index (χ1n) is 4.71. The van der Waals surface area contributed by atoms with Crippen LogP contribution in [-0.2, 0) is 4.79 Å². The number of carbonyl (C=O) groups excluding carboxylic acids is 2. The molecule has 0 saturated heterocycles. The van der Waals surface area contributed by atoms with Gasteiger partial charge in [0.2, 0.25) is 0 Å². The molecule has 2 unspecified atom stereocenters. The number of hydrogen-bond acceptors (Lipinski definition) is 3. The van der Waals surface area contributed by atoms with Crippen LogP contribution in [0.1, 0.15) is 13.3 Å². The quantitative estimate of drug-likeness (QED) is 0.622. The van der Waals surface area contributed by atoms with E-state index in [0.29, 0.717) is 12.0 Å². The largest absolute Gasteiger partial charge is 0.389 e. The highest BCUT2D eigenvalue weighted by molar-refractivity contribution is 6.06. The minimum absolute atomic E-state index is 0.334. The summed E-state index contributed by atoms with van der Waals surface area (Å²) in [5.41, 5.74) is 0.435. The van der Waals surface area contributed by atoms with Crippen LogP contribution in [0.5, 0.6) is 0 Å². The fourth-order valence-corrected chi connectivity index (χ4v) is 1.69. The Morgan fingerprint density at radius 3 is 2.80 bits per heavy atom. The molecule has 1 aliphatic carbocycles. The summed E-state index contributed by atoms with van der Waals surface area (Å²) in [5, 5.41) is 12.9. The molecular formula is C10H11N2O3. The van der Waals surface area contributed by atoms with Crippen LogP contribution in [0, 0.1) is 0 Å². The molecular weight excluding hydrogens is 196 g/mol. The van der Waals surface area contributed by atoms with E-state index in [1.54, 1.807) is 19.1 Å². The Balaban J connectivity index is 2.21. The van der Waals surface area contributed by atoms with Gasteiger partial charge in [-0.25, -0.2) is 10.1 Å². The van der Waals surface area contributed by atoms with Crippen molar-refractivity contribution in [1.29, 1.82) is 0 Å². The molecule has 0 saturated carbocycles. The maximum Gasteiger partial charge on any atom is 0.351 e. The SMILES string of the molecule is CC1=C[N]C(=O)N(C2C=CC(O)C2)C1=O. The van der Waals surface area contributed by atoms with Crippen LogP contribution in [0.4, 0.5) is 4.79 Å². The fraction of sp³-hybridized carbons (Fsp3) is 0.400. The predicted molar refractivity (Wildman–Crippen MR) is 51.7 cm³/mol. The van der Waals surface area contributed by atoms with Gasteiger partial charge in [0.15, 0.2) is 0 Å². The maximum absolute atomic E-state index is 11.7. The van der Waals surface area contributed by atoms with Crippen molar-refractivity contribution in [3.05, 3.63) is 23.9 Å². The van der Waals surface area contributed by atoms with Gasteiger partial charge in [-0.15, -0.1) is 0 Å². The van der Waals surface area contributed by atoms with Crippen LogP contribution in [-0.4, -0.2) is 34.1 Å². The van der Waals surface area contributed by atoms with Gasteiger partial charge in [0.1, 0.15) is 0 Å². The second kappa shape index (κ2) is 3.51. The molecule has 2 rings (SSSR count). The van der Waals surface area contributed by atoms with E-state index in [4.69, 9.17) is 0 Å². The lowest BCUT2D eigenvalue weighted by atomic mass is 10.1. The third-order valence-electron chi connectivity index (χ3n) is 2.50. The first kappa shape index (κ1) is 9.92. The van der Waals surface area contributed by atoms with Crippen molar-refractivity contribution in [3.63, 3.8) is 0 Å². The van der Waals surface area contributed by atoms with Gasteiger partial charge >= 0.3 is 6.03 Å². The average Bonchev–Trinajstić information content (AvgIpc) is 2.59. The minimum Gasteiger partial charge on any atom is -0.389 e. The Morgan fingerprint density at radius 2 is 2.20 bits per heavy atom. The van der Waals surface area contributed by atoms with Crippen LogP contribution < -0.4 is 5.32 Å². The lowest BCUT2D eigenvalue weighted by molar-refractivity contribution is -0.125. The molecule has 5 heteroatoms. The molecule has 0 aromatic carbocycles. The van der Waals surface area contributed by atoms with Crippen molar-refractivity contribution in [3.8, 4) is 0 Å². The highest BCUT2D eigenvalue weighted by Crippen LogP contribution is 2.21. The second-order valence-corrected chi connectivity index (χ2v) is 3.65. The monoisotopic (exact) mass is 207 g/mol. The standard InChI is InChI=1S/C10H11N2O3/c1-6-5-11-10(15)12(9(6)14)7-2-3-8(13)4-7/h2-3,5,7-8,13H,4H2,1H3. The van der Waals surface area contributed by atoms with Gasteiger partial charge in [0.25, 0.3) is 5.91 Å². The van der Waals surface area contributed by atoms with E-state index in [-0.39, 0.29) is 11.9 Å². The van der Waals surface area contributed by atoms with Crippen molar-refractivity contribution >= 4 is 11.9 Å². The number of rotatable bonds is 1. The Morgan fingerprint density at radius 1 is 1.47 bits per heavy atom. The van der Waals surface area contributed by atoms with E-state index in [2.05, 4.69) is 5.32 Å².